The average Bonchev–Trinajstić information content (AvgIpc) is 2.89. The first-order valence-electron chi connectivity index (χ1n) is 6.57. The molecule has 2 heterocycles. The van der Waals surface area contributed by atoms with Gasteiger partial charge in [-0.15, -0.1) is 0 Å². The average molecular weight is 263 g/mol. The summed E-state index contributed by atoms with van der Waals surface area (Å²) >= 11 is 0. The van der Waals surface area contributed by atoms with Gasteiger partial charge in [-0.3, -0.25) is 0 Å². The summed E-state index contributed by atoms with van der Waals surface area (Å²) in [6, 6.07) is 9.11. The monoisotopic (exact) mass is 263 g/mol. The molecule has 5 nitrogen and oxygen atoms in total. The Hall–Kier alpha value is -1.59. The third kappa shape index (κ3) is 2.72. The lowest BCUT2D eigenvalue weighted by Crippen LogP contribution is -2.48. The maximum atomic E-state index is 12.0. The topological polar surface area (TPSA) is 48.0 Å². The molecule has 0 bridgehead atoms. The fourth-order valence-corrected chi connectivity index (χ4v) is 2.47. The van der Waals surface area contributed by atoms with Crippen LogP contribution in [0.1, 0.15) is 12.8 Å². The first kappa shape index (κ1) is 12.4. The SMILES string of the molecule is O=C(Oc1ccccc1)N1CCC2(CC1)OCCO2. The van der Waals surface area contributed by atoms with Crippen LogP contribution in [0.2, 0.25) is 0 Å². The molecule has 2 fully saturated rings. The zero-order valence-corrected chi connectivity index (χ0v) is 10.7. The van der Waals surface area contributed by atoms with E-state index in [2.05, 4.69) is 0 Å². The molecule has 2 aliphatic heterocycles. The Bertz CT molecular complexity index is 432. The zero-order valence-electron chi connectivity index (χ0n) is 10.7. The molecule has 1 aromatic rings. The van der Waals surface area contributed by atoms with Gasteiger partial charge in [0.2, 0.25) is 0 Å². The summed E-state index contributed by atoms with van der Waals surface area (Å²) in [7, 11) is 0. The van der Waals surface area contributed by atoms with Crippen molar-refractivity contribution in [2.24, 2.45) is 0 Å². The number of ether oxygens (including phenoxy) is 3. The van der Waals surface area contributed by atoms with Crippen LogP contribution in [0.4, 0.5) is 4.79 Å². The lowest BCUT2D eigenvalue weighted by atomic mass is 10.0. The predicted molar refractivity (Wildman–Crippen MR) is 67.9 cm³/mol. The molecular formula is C14H17NO4. The summed E-state index contributed by atoms with van der Waals surface area (Å²) < 4.78 is 16.6. The number of carbonyl (C=O) groups is 1. The number of hydrogen-bond donors (Lipinski definition) is 0. The predicted octanol–water partition coefficient (Wildman–Crippen LogP) is 2.02. The van der Waals surface area contributed by atoms with E-state index in [9.17, 15) is 4.79 Å². The molecule has 1 aromatic carbocycles. The fraction of sp³-hybridized carbons (Fsp3) is 0.500. The van der Waals surface area contributed by atoms with Crippen molar-refractivity contribution in [3.05, 3.63) is 30.3 Å². The minimum Gasteiger partial charge on any atom is -0.410 e. The lowest BCUT2D eigenvalue weighted by molar-refractivity contribution is -0.182. The third-order valence-corrected chi connectivity index (χ3v) is 3.55. The second-order valence-corrected chi connectivity index (χ2v) is 4.78. The van der Waals surface area contributed by atoms with Gasteiger partial charge in [0, 0.05) is 25.9 Å². The van der Waals surface area contributed by atoms with Gasteiger partial charge in [0.15, 0.2) is 5.79 Å². The van der Waals surface area contributed by atoms with E-state index in [0.29, 0.717) is 44.9 Å². The van der Waals surface area contributed by atoms with Crippen molar-refractivity contribution < 1.29 is 19.0 Å². The standard InChI is InChI=1S/C14H17NO4/c16-13(19-12-4-2-1-3-5-12)15-8-6-14(7-9-15)17-10-11-18-14/h1-5H,6-11H2. The Labute approximate surface area is 112 Å². The number of carbonyl (C=O) groups excluding carboxylic acids is 1. The molecule has 1 spiro atoms. The van der Waals surface area contributed by atoms with Gasteiger partial charge < -0.3 is 19.1 Å². The summed E-state index contributed by atoms with van der Waals surface area (Å²) in [5, 5.41) is 0. The van der Waals surface area contributed by atoms with Gasteiger partial charge in [-0.25, -0.2) is 4.79 Å². The summed E-state index contributed by atoms with van der Waals surface area (Å²) in [6.07, 6.45) is 1.10. The highest BCUT2D eigenvalue weighted by Crippen LogP contribution is 2.31. The van der Waals surface area contributed by atoms with Crippen LogP contribution in [0.15, 0.2) is 30.3 Å². The Balaban J connectivity index is 1.55. The van der Waals surface area contributed by atoms with Crippen molar-refractivity contribution >= 4 is 6.09 Å². The summed E-state index contributed by atoms with van der Waals surface area (Å²) in [4.78, 5) is 13.7. The number of para-hydroxylation sites is 1. The van der Waals surface area contributed by atoms with Gasteiger partial charge in [-0.1, -0.05) is 18.2 Å². The smallest absolute Gasteiger partial charge is 0.410 e. The molecule has 0 aromatic heterocycles. The number of piperidine rings is 1. The summed E-state index contributed by atoms with van der Waals surface area (Å²) in [6.45, 7) is 2.50. The molecule has 0 N–H and O–H groups in total. The molecule has 0 unspecified atom stereocenters. The first-order valence-corrected chi connectivity index (χ1v) is 6.57. The number of hydrogen-bond acceptors (Lipinski definition) is 4. The van der Waals surface area contributed by atoms with Crippen molar-refractivity contribution in [3.63, 3.8) is 0 Å². The molecule has 19 heavy (non-hydrogen) atoms. The minimum absolute atomic E-state index is 0.306. The molecule has 0 saturated carbocycles. The van der Waals surface area contributed by atoms with E-state index in [1.807, 2.05) is 18.2 Å². The second kappa shape index (κ2) is 5.19. The highest BCUT2D eigenvalue weighted by Gasteiger charge is 2.41. The van der Waals surface area contributed by atoms with Gasteiger partial charge in [-0.05, 0) is 12.1 Å². The Morgan fingerprint density at radius 3 is 2.37 bits per heavy atom. The number of benzene rings is 1. The van der Waals surface area contributed by atoms with Gasteiger partial charge in [0.05, 0.1) is 13.2 Å². The highest BCUT2D eigenvalue weighted by atomic mass is 16.7. The Morgan fingerprint density at radius 2 is 1.74 bits per heavy atom. The molecule has 2 saturated heterocycles. The number of nitrogens with zero attached hydrogens (tertiary/aromatic N) is 1. The van der Waals surface area contributed by atoms with E-state index in [-0.39, 0.29) is 6.09 Å². The van der Waals surface area contributed by atoms with Crippen LogP contribution in [0, 0.1) is 0 Å². The van der Waals surface area contributed by atoms with Crippen LogP contribution in [0.3, 0.4) is 0 Å². The molecular weight excluding hydrogens is 246 g/mol. The van der Waals surface area contributed by atoms with Crippen molar-refractivity contribution in [3.8, 4) is 5.75 Å². The van der Waals surface area contributed by atoms with Crippen LogP contribution in [-0.4, -0.2) is 43.1 Å². The Morgan fingerprint density at radius 1 is 1.11 bits per heavy atom. The van der Waals surface area contributed by atoms with Gasteiger partial charge in [-0.2, -0.15) is 0 Å². The number of amides is 1. The molecule has 1 amide bonds. The number of rotatable bonds is 1. The molecule has 102 valence electrons. The highest BCUT2D eigenvalue weighted by molar-refractivity contribution is 5.70. The van der Waals surface area contributed by atoms with Crippen molar-refractivity contribution in [1.82, 2.24) is 4.90 Å². The molecule has 5 heteroatoms. The van der Waals surface area contributed by atoms with E-state index in [1.54, 1.807) is 17.0 Å². The van der Waals surface area contributed by atoms with Crippen LogP contribution < -0.4 is 4.74 Å². The number of likely N-dealkylation sites (tertiary alicyclic amines) is 1. The maximum absolute atomic E-state index is 12.0. The van der Waals surface area contributed by atoms with Crippen LogP contribution in [0.5, 0.6) is 5.75 Å². The summed E-state index contributed by atoms with van der Waals surface area (Å²) in [5.74, 6) is 0.116. The first-order chi connectivity index (χ1) is 9.27. The minimum atomic E-state index is -0.455. The molecule has 0 radical (unpaired) electrons. The largest absolute Gasteiger partial charge is 0.415 e. The van der Waals surface area contributed by atoms with Crippen LogP contribution in [-0.2, 0) is 9.47 Å². The quantitative estimate of drug-likeness (QED) is 0.777. The molecule has 3 rings (SSSR count). The van der Waals surface area contributed by atoms with Gasteiger partial charge in [0.1, 0.15) is 5.75 Å². The van der Waals surface area contributed by atoms with E-state index in [0.717, 1.165) is 0 Å². The summed E-state index contributed by atoms with van der Waals surface area (Å²) in [5.41, 5.74) is 0. The van der Waals surface area contributed by atoms with Gasteiger partial charge >= 0.3 is 6.09 Å². The van der Waals surface area contributed by atoms with Crippen molar-refractivity contribution in [1.29, 1.82) is 0 Å². The Kier molecular flexibility index (Phi) is 3.40. The lowest BCUT2D eigenvalue weighted by Gasteiger charge is -2.36. The van der Waals surface area contributed by atoms with Crippen molar-refractivity contribution in [2.45, 2.75) is 18.6 Å². The zero-order chi connectivity index (χ0) is 13.1. The van der Waals surface area contributed by atoms with Crippen LogP contribution >= 0.6 is 0 Å². The normalized spacial score (nSPS) is 21.6. The van der Waals surface area contributed by atoms with Crippen molar-refractivity contribution in [2.75, 3.05) is 26.3 Å². The van der Waals surface area contributed by atoms with E-state index in [4.69, 9.17) is 14.2 Å². The van der Waals surface area contributed by atoms with E-state index in [1.165, 1.54) is 0 Å². The second-order valence-electron chi connectivity index (χ2n) is 4.78. The fourth-order valence-electron chi connectivity index (χ4n) is 2.47. The van der Waals surface area contributed by atoms with E-state index >= 15 is 0 Å². The molecule has 2 aliphatic rings. The molecule has 0 aliphatic carbocycles. The van der Waals surface area contributed by atoms with E-state index < -0.39 is 5.79 Å². The van der Waals surface area contributed by atoms with Gasteiger partial charge in [0.25, 0.3) is 0 Å². The molecule has 0 atom stereocenters. The third-order valence-electron chi connectivity index (χ3n) is 3.55. The van der Waals surface area contributed by atoms with Crippen LogP contribution in [0.25, 0.3) is 0 Å². The maximum Gasteiger partial charge on any atom is 0.415 e.